The lowest BCUT2D eigenvalue weighted by atomic mass is 9.54. The van der Waals surface area contributed by atoms with E-state index in [1.54, 1.807) is 5.23 Å². The van der Waals surface area contributed by atoms with E-state index in [1.165, 1.54) is 11.2 Å². The van der Waals surface area contributed by atoms with Crippen LogP contribution in [0.2, 0.25) is 0 Å². The highest BCUT2D eigenvalue weighted by Crippen LogP contribution is 2.92. The van der Waals surface area contributed by atoms with Crippen molar-refractivity contribution in [3.05, 3.63) is 12.2 Å². The molecule has 4 fully saturated rings. The average Bonchev–Trinajstić information content (AvgIpc) is 2.80. The van der Waals surface area contributed by atoms with Gasteiger partial charge in [0.2, 0.25) is 5.23 Å². The second kappa shape index (κ2) is 4.57. The quantitative estimate of drug-likeness (QED) is 0.429. The molecule has 1 heterocycles. The Labute approximate surface area is 147 Å². The second-order valence-electron chi connectivity index (χ2n) is 8.60. The van der Waals surface area contributed by atoms with Gasteiger partial charge in [-0.05, 0) is 42.9 Å². The van der Waals surface area contributed by atoms with Crippen molar-refractivity contribution in [2.45, 2.75) is 46.1 Å². The zero-order chi connectivity index (χ0) is 18.4. The zero-order valence-electron chi connectivity index (χ0n) is 14.8. The molecule has 0 aromatic heterocycles. The molecule has 4 aliphatic rings. The lowest BCUT2D eigenvalue weighted by molar-refractivity contribution is -0.148. The molecule has 3 saturated carbocycles. The van der Waals surface area contributed by atoms with Crippen molar-refractivity contribution in [1.82, 2.24) is 4.31 Å². The van der Waals surface area contributed by atoms with Crippen molar-refractivity contribution in [2.24, 2.45) is 22.2 Å². The van der Waals surface area contributed by atoms with E-state index in [4.69, 9.17) is 4.74 Å². The fourth-order valence-corrected chi connectivity index (χ4v) is 9.19. The minimum atomic E-state index is -3.20. The predicted octanol–water partition coefficient (Wildman–Crippen LogP) is 1.41. The van der Waals surface area contributed by atoms with Crippen LogP contribution in [-0.2, 0) is 28.8 Å². The molecule has 6 nitrogen and oxygen atoms in total. The molecule has 1 saturated heterocycles. The topological polar surface area (TPSA) is 80.8 Å². The van der Waals surface area contributed by atoms with Gasteiger partial charge in [0.25, 0.3) is 5.91 Å². The highest BCUT2D eigenvalue weighted by atomic mass is 32.2. The Kier molecular flexibility index (Phi) is 3.08. The van der Waals surface area contributed by atoms with E-state index in [9.17, 15) is 18.6 Å². The van der Waals surface area contributed by atoms with Gasteiger partial charge in [-0.3, -0.25) is 9.10 Å². The van der Waals surface area contributed by atoms with Crippen molar-refractivity contribution >= 4 is 26.8 Å². The first-order valence-corrected chi connectivity index (χ1v) is 10.3. The summed E-state index contributed by atoms with van der Waals surface area (Å²) in [5, 5.41) is 1.68. The summed E-state index contributed by atoms with van der Waals surface area (Å²) in [4.78, 5) is 35.8. The molecule has 0 bridgehead atoms. The molecule has 5 atom stereocenters. The number of hydrogen-bond acceptors (Lipinski definition) is 5. The molecular weight excluding hydrogens is 342 g/mol. The van der Waals surface area contributed by atoms with Gasteiger partial charge in [-0.1, -0.05) is 20.4 Å². The third kappa shape index (κ3) is 1.64. The average molecular weight is 365 g/mol. The molecule has 7 heteroatoms. The van der Waals surface area contributed by atoms with Gasteiger partial charge in [0, 0.05) is 11.0 Å². The number of carbonyl (C=O) groups excluding carboxylic acids is 3. The van der Waals surface area contributed by atoms with Crippen LogP contribution in [0.5, 0.6) is 0 Å². The van der Waals surface area contributed by atoms with Gasteiger partial charge in [-0.25, -0.2) is 13.8 Å². The van der Waals surface area contributed by atoms with Crippen molar-refractivity contribution in [3.63, 3.8) is 0 Å². The van der Waals surface area contributed by atoms with Crippen molar-refractivity contribution in [3.8, 4) is 0 Å². The Morgan fingerprint density at radius 2 is 2.04 bits per heavy atom. The molecular formula is C18H23NO5S. The number of amides is 1. The molecule has 0 radical (unpaired) electrons. The van der Waals surface area contributed by atoms with Gasteiger partial charge in [0.15, 0.2) is 6.61 Å². The van der Waals surface area contributed by atoms with Gasteiger partial charge in [-0.15, -0.1) is 0 Å². The minimum Gasteiger partial charge on any atom is -0.452 e. The van der Waals surface area contributed by atoms with Crippen LogP contribution in [0.1, 0.15) is 40.0 Å². The molecule has 136 valence electrons. The van der Waals surface area contributed by atoms with Crippen molar-refractivity contribution in [1.29, 1.82) is 0 Å². The van der Waals surface area contributed by atoms with Crippen LogP contribution < -0.4 is 0 Å². The largest absolute Gasteiger partial charge is 0.452 e. The summed E-state index contributed by atoms with van der Waals surface area (Å²) in [6.07, 6.45) is 2.74. The third-order valence-corrected chi connectivity index (χ3v) is 9.85. The highest BCUT2D eigenvalue weighted by molar-refractivity contribution is 7.99. The van der Waals surface area contributed by atoms with Crippen LogP contribution in [0.4, 0.5) is 0 Å². The number of esters is 1. The summed E-state index contributed by atoms with van der Waals surface area (Å²) in [5.41, 5.74) is 0.239. The predicted molar refractivity (Wildman–Crippen MR) is 91.1 cm³/mol. The molecule has 3 aliphatic carbocycles. The molecule has 2 spiro atoms. The zero-order valence-corrected chi connectivity index (χ0v) is 15.6. The van der Waals surface area contributed by atoms with E-state index in [-0.39, 0.29) is 33.6 Å². The Morgan fingerprint density at radius 3 is 2.56 bits per heavy atom. The Hall–Kier alpha value is -1.59. The molecule has 0 N–H and O–H groups in total. The van der Waals surface area contributed by atoms with Gasteiger partial charge >= 0.3 is 5.97 Å². The SMILES string of the molecule is C=C(C)C(=O)OCC(=O)N1C2CC3C(C)(C)C34CCC24CS1(=O)=C=O. The fourth-order valence-electron chi connectivity index (χ4n) is 6.54. The molecule has 1 amide bonds. The smallest absolute Gasteiger partial charge is 0.333 e. The minimum absolute atomic E-state index is 0.105. The Bertz CT molecular complexity index is 863. The van der Waals surface area contributed by atoms with E-state index in [0.717, 1.165) is 19.3 Å². The second-order valence-corrected chi connectivity index (χ2v) is 10.7. The van der Waals surface area contributed by atoms with E-state index >= 15 is 0 Å². The standard InChI is InChI=1S/C18H23NO5S/c1-11(2)15(22)24-8-14(21)19-13-7-12-16(3,4)18(12)6-5-17(13,18)9-25(19,23)10-20/h12-13H,1,5-9H2,2-4H3. The fraction of sp³-hybridized carbons (Fsp3) is 0.722. The lowest BCUT2D eigenvalue weighted by Gasteiger charge is -2.51. The van der Waals surface area contributed by atoms with Gasteiger partial charge in [0.05, 0.1) is 11.8 Å². The molecule has 0 aromatic carbocycles. The van der Waals surface area contributed by atoms with Crippen LogP contribution in [-0.4, -0.2) is 44.0 Å². The summed E-state index contributed by atoms with van der Waals surface area (Å²) in [6.45, 7) is 8.92. The van der Waals surface area contributed by atoms with Crippen molar-refractivity contribution in [2.75, 3.05) is 12.4 Å². The van der Waals surface area contributed by atoms with Gasteiger partial charge < -0.3 is 4.74 Å². The number of rotatable bonds is 3. The summed E-state index contributed by atoms with van der Waals surface area (Å²) >= 11 is 0. The maximum absolute atomic E-state index is 13.2. The number of hydrogen-bond donors (Lipinski definition) is 0. The first-order chi connectivity index (χ1) is 11.6. The van der Waals surface area contributed by atoms with Crippen LogP contribution in [0.25, 0.3) is 0 Å². The van der Waals surface area contributed by atoms with Gasteiger partial charge in [0.1, 0.15) is 9.71 Å². The maximum atomic E-state index is 13.2. The number of ether oxygens (including phenoxy) is 1. The van der Waals surface area contributed by atoms with Crippen LogP contribution in [0.3, 0.4) is 0 Å². The van der Waals surface area contributed by atoms with Crippen LogP contribution in [0, 0.1) is 22.2 Å². The van der Waals surface area contributed by atoms with E-state index in [2.05, 4.69) is 20.4 Å². The number of nitrogens with zero attached hydrogens (tertiary/aromatic N) is 1. The van der Waals surface area contributed by atoms with Gasteiger partial charge in [-0.2, -0.15) is 0 Å². The summed E-state index contributed by atoms with van der Waals surface area (Å²) in [6, 6.07) is -0.204. The van der Waals surface area contributed by atoms with E-state index in [1.807, 2.05) is 0 Å². The Morgan fingerprint density at radius 1 is 1.36 bits per heavy atom. The molecule has 25 heavy (non-hydrogen) atoms. The summed E-state index contributed by atoms with van der Waals surface area (Å²) in [7, 11) is -3.20. The molecule has 1 aliphatic heterocycles. The summed E-state index contributed by atoms with van der Waals surface area (Å²) in [5.74, 6) is -0.512. The Balaban J connectivity index is 1.64. The number of carbonyl (C=O) groups is 2. The molecule has 4 rings (SSSR count). The molecule has 0 aromatic rings. The van der Waals surface area contributed by atoms with Crippen molar-refractivity contribution < 1.29 is 23.3 Å². The first kappa shape index (κ1) is 16.9. The van der Waals surface area contributed by atoms with E-state index in [0.29, 0.717) is 5.92 Å². The highest BCUT2D eigenvalue weighted by Gasteiger charge is 2.90. The van der Waals surface area contributed by atoms with Crippen LogP contribution >= 0.6 is 0 Å². The van der Waals surface area contributed by atoms with Crippen LogP contribution in [0.15, 0.2) is 12.2 Å². The summed E-state index contributed by atoms with van der Waals surface area (Å²) < 4.78 is 19.4. The lowest BCUT2D eigenvalue weighted by Crippen LogP contribution is -2.53. The molecule has 5 unspecified atom stereocenters. The van der Waals surface area contributed by atoms with E-state index < -0.39 is 28.2 Å². The third-order valence-electron chi connectivity index (χ3n) is 7.59. The maximum Gasteiger partial charge on any atom is 0.333 e. The monoisotopic (exact) mass is 365 g/mol. The normalized spacial score (nSPS) is 44.7. The first-order valence-electron chi connectivity index (χ1n) is 8.63.